The number of ether oxygens (including phenoxy) is 2. The number of halogens is 2. The van der Waals surface area contributed by atoms with Crippen LogP contribution >= 0.6 is 31.9 Å². The minimum absolute atomic E-state index is 0.132. The summed E-state index contributed by atoms with van der Waals surface area (Å²) in [5.74, 6) is 0.648. The van der Waals surface area contributed by atoms with Gasteiger partial charge in [0.05, 0.1) is 19.9 Å². The number of nitrogens with one attached hydrogen (secondary N) is 2. The third kappa shape index (κ3) is 3.91. The number of carbonyl (C=O) groups is 2. The minimum atomic E-state index is -1.16. The molecule has 3 aromatic carbocycles. The lowest BCUT2D eigenvalue weighted by atomic mass is 9.78. The molecule has 7 nitrogen and oxygen atoms in total. The van der Waals surface area contributed by atoms with Crippen LogP contribution in [0.15, 0.2) is 63.5 Å². The second-order valence-electron chi connectivity index (χ2n) is 8.38. The molecule has 0 saturated heterocycles. The van der Waals surface area contributed by atoms with Crippen molar-refractivity contribution in [3.63, 3.8) is 0 Å². The largest absolute Gasteiger partial charge is 0.493 e. The summed E-state index contributed by atoms with van der Waals surface area (Å²) in [6, 6.07) is 16.8. The van der Waals surface area contributed by atoms with Crippen LogP contribution in [0.25, 0.3) is 0 Å². The first kappa shape index (κ1) is 23.8. The Kier molecular flexibility index (Phi) is 6.33. The molecule has 180 valence electrons. The van der Waals surface area contributed by atoms with Crippen LogP contribution in [-0.4, -0.2) is 39.1 Å². The molecule has 2 N–H and O–H groups in total. The van der Waals surface area contributed by atoms with Gasteiger partial charge in [0.2, 0.25) is 5.91 Å². The number of hydrogen-bond donors (Lipinski definition) is 2. The predicted octanol–water partition coefficient (Wildman–Crippen LogP) is 4.60. The number of amides is 2. The summed E-state index contributed by atoms with van der Waals surface area (Å²) >= 11 is 7.22. The lowest BCUT2D eigenvalue weighted by Gasteiger charge is -2.36. The van der Waals surface area contributed by atoms with Gasteiger partial charge in [0.1, 0.15) is 6.54 Å². The molecule has 0 saturated carbocycles. The number of rotatable bonds is 5. The number of fused-ring (bicyclic) bond motifs is 4. The van der Waals surface area contributed by atoms with E-state index in [9.17, 15) is 9.59 Å². The number of benzene rings is 3. The van der Waals surface area contributed by atoms with Gasteiger partial charge in [-0.2, -0.15) is 0 Å². The highest BCUT2D eigenvalue weighted by atomic mass is 79.9. The van der Waals surface area contributed by atoms with E-state index in [1.165, 1.54) is 0 Å². The maximum Gasteiger partial charge on any atom is 0.257 e. The second-order valence-corrected chi connectivity index (χ2v) is 10.2. The van der Waals surface area contributed by atoms with Gasteiger partial charge in [-0.3, -0.25) is 19.8 Å². The van der Waals surface area contributed by atoms with Gasteiger partial charge in [-0.1, -0.05) is 34.1 Å². The van der Waals surface area contributed by atoms with E-state index in [1.807, 2.05) is 54.6 Å². The first-order chi connectivity index (χ1) is 16.9. The molecule has 3 aromatic rings. The van der Waals surface area contributed by atoms with Crippen LogP contribution in [0.4, 0.5) is 11.4 Å². The fraction of sp³-hybridized carbons (Fsp3) is 0.231. The molecular formula is C26H23Br2N3O4. The molecule has 0 aromatic heterocycles. The van der Waals surface area contributed by atoms with Crippen molar-refractivity contribution in [2.45, 2.75) is 12.0 Å². The summed E-state index contributed by atoms with van der Waals surface area (Å²) in [5, 5.41) is 6.37. The summed E-state index contributed by atoms with van der Waals surface area (Å²) in [4.78, 5) is 28.8. The van der Waals surface area contributed by atoms with Crippen molar-refractivity contribution in [2.24, 2.45) is 0 Å². The van der Waals surface area contributed by atoms with Crippen LogP contribution in [0.2, 0.25) is 0 Å². The van der Waals surface area contributed by atoms with E-state index in [2.05, 4.69) is 42.5 Å². The van der Waals surface area contributed by atoms with Gasteiger partial charge in [0.25, 0.3) is 5.91 Å². The quantitative estimate of drug-likeness (QED) is 0.447. The third-order valence-electron chi connectivity index (χ3n) is 6.43. The molecule has 2 amide bonds. The molecule has 2 heterocycles. The van der Waals surface area contributed by atoms with Gasteiger partial charge in [-0.05, 0) is 69.9 Å². The topological polar surface area (TPSA) is 79.9 Å². The highest BCUT2D eigenvalue weighted by Crippen LogP contribution is 2.52. The average molecular weight is 601 g/mol. The van der Waals surface area contributed by atoms with Gasteiger partial charge < -0.3 is 14.8 Å². The van der Waals surface area contributed by atoms with Crippen molar-refractivity contribution < 1.29 is 19.1 Å². The number of hydrogen-bond acceptors (Lipinski definition) is 5. The smallest absolute Gasteiger partial charge is 0.257 e. The Hall–Kier alpha value is -2.88. The highest BCUT2D eigenvalue weighted by molar-refractivity contribution is 9.11. The van der Waals surface area contributed by atoms with Gasteiger partial charge in [0, 0.05) is 26.7 Å². The van der Waals surface area contributed by atoms with Gasteiger partial charge in [0.15, 0.2) is 17.0 Å². The molecule has 0 radical (unpaired) electrons. The standard InChI is InChI=1S/C26H23Br2N3O4/c1-34-21-10-15-8-9-29-26(18(15)13-22(21)35-2)19-11-16(27)12-20(28)24(19)31(25(26)33)14-23(32)30-17-6-4-3-5-7-17/h3-7,10-13,29H,8-9,14H2,1-2H3,(H,30,32). The fourth-order valence-electron chi connectivity index (χ4n) is 4.95. The molecule has 35 heavy (non-hydrogen) atoms. The number of anilines is 2. The fourth-order valence-corrected chi connectivity index (χ4v) is 6.39. The van der Waals surface area contributed by atoms with Crippen molar-refractivity contribution in [1.29, 1.82) is 0 Å². The number of methoxy groups -OCH3 is 2. The van der Waals surface area contributed by atoms with E-state index >= 15 is 0 Å². The van der Waals surface area contributed by atoms with Crippen LogP contribution < -0.4 is 25.0 Å². The first-order valence-electron chi connectivity index (χ1n) is 11.1. The van der Waals surface area contributed by atoms with E-state index in [1.54, 1.807) is 19.1 Å². The van der Waals surface area contributed by atoms with Gasteiger partial charge in [-0.25, -0.2) is 0 Å². The number of nitrogens with zero attached hydrogens (tertiary/aromatic N) is 1. The Morgan fingerprint density at radius 1 is 1.06 bits per heavy atom. The van der Waals surface area contributed by atoms with Crippen LogP contribution in [0, 0.1) is 0 Å². The lowest BCUT2D eigenvalue weighted by molar-refractivity contribution is -0.125. The van der Waals surface area contributed by atoms with E-state index in [-0.39, 0.29) is 18.4 Å². The van der Waals surface area contributed by atoms with Crippen molar-refractivity contribution in [3.05, 3.63) is 80.2 Å². The number of para-hydroxylation sites is 1. The molecule has 2 aliphatic heterocycles. The monoisotopic (exact) mass is 599 g/mol. The minimum Gasteiger partial charge on any atom is -0.493 e. The molecule has 1 unspecified atom stereocenters. The predicted molar refractivity (Wildman–Crippen MR) is 141 cm³/mol. The molecular weight excluding hydrogens is 578 g/mol. The van der Waals surface area contributed by atoms with Crippen molar-refractivity contribution >= 4 is 55.0 Å². The summed E-state index contributed by atoms with van der Waals surface area (Å²) in [7, 11) is 3.17. The molecule has 5 rings (SSSR count). The Labute approximate surface area is 220 Å². The Morgan fingerprint density at radius 3 is 2.49 bits per heavy atom. The molecule has 0 fully saturated rings. The van der Waals surface area contributed by atoms with Crippen molar-refractivity contribution in [1.82, 2.24) is 5.32 Å². The molecule has 0 aliphatic carbocycles. The van der Waals surface area contributed by atoms with E-state index < -0.39 is 5.54 Å². The van der Waals surface area contributed by atoms with Crippen molar-refractivity contribution in [2.75, 3.05) is 37.5 Å². The molecule has 1 atom stereocenters. The Bertz CT molecular complexity index is 1330. The van der Waals surface area contributed by atoms with Gasteiger partial charge >= 0.3 is 0 Å². The summed E-state index contributed by atoms with van der Waals surface area (Å²) in [6.07, 6.45) is 0.726. The van der Waals surface area contributed by atoms with E-state index in [0.29, 0.717) is 33.9 Å². The summed E-state index contributed by atoms with van der Waals surface area (Å²) in [6.45, 7) is 0.453. The van der Waals surface area contributed by atoms with Crippen LogP contribution in [0.5, 0.6) is 11.5 Å². The summed E-state index contributed by atoms with van der Waals surface area (Å²) < 4.78 is 12.6. The van der Waals surface area contributed by atoms with E-state index in [4.69, 9.17) is 9.47 Å². The molecule has 0 bridgehead atoms. The highest BCUT2D eigenvalue weighted by Gasteiger charge is 2.55. The Balaban J connectivity index is 1.63. The normalized spacial score (nSPS) is 18.3. The Morgan fingerprint density at radius 2 is 1.77 bits per heavy atom. The third-order valence-corrected chi connectivity index (χ3v) is 7.49. The maximum atomic E-state index is 14.3. The molecule has 1 spiro atoms. The van der Waals surface area contributed by atoms with Gasteiger partial charge in [-0.15, -0.1) is 0 Å². The molecule has 2 aliphatic rings. The van der Waals surface area contributed by atoms with Crippen molar-refractivity contribution in [3.8, 4) is 11.5 Å². The van der Waals surface area contributed by atoms with Crippen LogP contribution in [0.1, 0.15) is 16.7 Å². The zero-order valence-electron chi connectivity index (χ0n) is 19.2. The van der Waals surface area contributed by atoms with E-state index in [0.717, 1.165) is 27.6 Å². The summed E-state index contributed by atoms with van der Waals surface area (Å²) in [5.41, 5.74) is 2.73. The number of carbonyl (C=O) groups excluding carboxylic acids is 2. The zero-order valence-corrected chi connectivity index (χ0v) is 22.3. The SMILES string of the molecule is COc1cc2c(cc1OC)C1(NCC2)C(=O)N(CC(=O)Nc2ccccc2)c2c(Br)cc(Br)cc21. The second kappa shape index (κ2) is 9.29. The molecule has 9 heteroatoms. The van der Waals surface area contributed by atoms with Crippen LogP contribution in [0.3, 0.4) is 0 Å². The maximum absolute atomic E-state index is 14.3. The average Bonchev–Trinajstić information content (AvgIpc) is 3.07. The zero-order chi connectivity index (χ0) is 24.7. The van der Waals surface area contributed by atoms with Crippen LogP contribution in [-0.2, 0) is 21.5 Å². The first-order valence-corrected chi connectivity index (χ1v) is 12.6. The lowest BCUT2D eigenvalue weighted by Crippen LogP contribution is -2.55.